The van der Waals surface area contributed by atoms with Crippen molar-refractivity contribution in [3.05, 3.63) is 77.1 Å². The molecule has 0 spiro atoms. The molecule has 0 aliphatic heterocycles. The number of Topliss-reactive ketones (excluding diaryl/α,β-unsaturated/α-hetero) is 1. The molecule has 2 N–H and O–H groups in total. The van der Waals surface area contributed by atoms with E-state index in [0.29, 0.717) is 5.82 Å². The number of ether oxygens (including phenoxy) is 1. The summed E-state index contributed by atoms with van der Waals surface area (Å²) in [6, 6.07) is 15.7. The van der Waals surface area contributed by atoms with Gasteiger partial charge in [-0.05, 0) is 63.3 Å². The number of nitrogens with one attached hydrogen (secondary N) is 2. The smallest absolute Gasteiger partial charge is 0.413 e. The van der Waals surface area contributed by atoms with E-state index in [0.717, 1.165) is 40.9 Å². The monoisotopic (exact) mass is 495 g/mol. The number of aromatic nitrogens is 3. The molecule has 0 bridgehead atoms. The number of benzene rings is 1. The minimum Gasteiger partial charge on any atom is -0.444 e. The second-order valence-corrected chi connectivity index (χ2v) is 10.7. The normalized spacial score (nSPS) is 22.8. The molecule has 37 heavy (non-hydrogen) atoms. The molecule has 1 aromatic carbocycles. The van der Waals surface area contributed by atoms with Gasteiger partial charge < -0.3 is 4.74 Å². The Kier molecular flexibility index (Phi) is 5.95. The number of hydrogen-bond donors (Lipinski definition) is 2. The molecule has 2 aromatic heterocycles. The van der Waals surface area contributed by atoms with E-state index < -0.39 is 17.1 Å². The van der Waals surface area contributed by atoms with Crippen molar-refractivity contribution in [2.75, 3.05) is 5.32 Å². The highest BCUT2D eigenvalue weighted by atomic mass is 16.6. The lowest BCUT2D eigenvalue weighted by atomic mass is 9.54. The van der Waals surface area contributed by atoms with Crippen molar-refractivity contribution in [3.63, 3.8) is 0 Å². The fourth-order valence-corrected chi connectivity index (χ4v) is 5.71. The second-order valence-electron chi connectivity index (χ2n) is 10.7. The van der Waals surface area contributed by atoms with Crippen LogP contribution in [0.2, 0.25) is 0 Å². The van der Waals surface area contributed by atoms with Crippen LogP contribution in [0.3, 0.4) is 0 Å². The van der Waals surface area contributed by atoms with Gasteiger partial charge >= 0.3 is 6.09 Å². The molecule has 0 saturated heterocycles. The highest BCUT2D eigenvalue weighted by molar-refractivity contribution is 6.02. The van der Waals surface area contributed by atoms with Gasteiger partial charge in [0.15, 0.2) is 5.78 Å². The zero-order chi connectivity index (χ0) is 26.4. The highest BCUT2D eigenvalue weighted by Gasteiger charge is 2.53. The van der Waals surface area contributed by atoms with E-state index in [1.54, 1.807) is 33.0 Å². The summed E-state index contributed by atoms with van der Waals surface area (Å²) in [5.41, 5.74) is 3.48. The number of hydrogen-bond acceptors (Lipinski definition) is 6. The second kappa shape index (κ2) is 9.00. The Morgan fingerprint density at radius 3 is 2.62 bits per heavy atom. The minimum absolute atomic E-state index is 0.00108. The molecule has 8 nitrogen and oxygen atoms in total. The number of rotatable bonds is 3. The molecule has 188 valence electrons. The molecule has 0 fully saturated rings. The molecule has 0 radical (unpaired) electrons. The van der Waals surface area contributed by atoms with Crippen LogP contribution in [-0.4, -0.2) is 32.7 Å². The Morgan fingerprint density at radius 2 is 1.97 bits per heavy atom. The summed E-state index contributed by atoms with van der Waals surface area (Å²) in [7, 11) is 0. The molecule has 2 aliphatic carbocycles. The van der Waals surface area contributed by atoms with Gasteiger partial charge in [0.25, 0.3) is 0 Å². The van der Waals surface area contributed by atoms with Crippen molar-refractivity contribution < 1.29 is 14.3 Å². The molecule has 1 amide bonds. The molecule has 0 saturated carbocycles. The first-order valence-corrected chi connectivity index (χ1v) is 12.4. The molecule has 8 heteroatoms. The summed E-state index contributed by atoms with van der Waals surface area (Å²) in [6.45, 7) is 7.33. The number of fused-ring (bicyclic) bond motifs is 3. The van der Waals surface area contributed by atoms with Crippen molar-refractivity contribution in [2.45, 2.75) is 51.6 Å². The van der Waals surface area contributed by atoms with Gasteiger partial charge in [0, 0.05) is 23.2 Å². The quantitative estimate of drug-likeness (QED) is 0.506. The Morgan fingerprint density at radius 1 is 1.22 bits per heavy atom. The first kappa shape index (κ1) is 24.4. The van der Waals surface area contributed by atoms with Gasteiger partial charge in [-0.15, -0.1) is 0 Å². The fraction of sp³-hybridized carbons (Fsp3) is 0.345. The summed E-state index contributed by atoms with van der Waals surface area (Å²) in [6.07, 6.45) is 4.48. The van der Waals surface area contributed by atoms with Gasteiger partial charge in [-0.2, -0.15) is 10.4 Å². The number of carbonyl (C=O) groups is 2. The number of nitrogens with zero attached hydrogens (tertiary/aromatic N) is 3. The van der Waals surface area contributed by atoms with Crippen LogP contribution in [0.4, 0.5) is 10.6 Å². The van der Waals surface area contributed by atoms with Gasteiger partial charge in [0.05, 0.1) is 22.4 Å². The zero-order valence-corrected chi connectivity index (χ0v) is 21.3. The fourth-order valence-electron chi connectivity index (χ4n) is 5.71. The standard InChI is InChI=1S/C29H29N5O3/c1-17-22-12-11-21-24(18-10-13-23(31-16-18)32-27(36)37-28(2,3)4)33-34-26(21)29(22,14-19(15-30)25(17)35)20-8-6-5-7-9-20/h5-10,13-14,16-17,22H,11-12H2,1-4H3,(H,33,34)(H,31,32,36)/t17-,22-,29+/m0/s1. The van der Waals surface area contributed by atoms with Crippen LogP contribution in [0, 0.1) is 23.2 Å². The maximum Gasteiger partial charge on any atom is 0.413 e. The van der Waals surface area contributed by atoms with Crippen molar-refractivity contribution in [2.24, 2.45) is 11.8 Å². The van der Waals surface area contributed by atoms with Crippen molar-refractivity contribution in [1.29, 1.82) is 5.26 Å². The SMILES string of the molecule is C[C@@H]1C(=O)C(C#N)=C[C@]2(c3ccccc3)c3[nH]nc(-c4ccc(NC(=O)OC(C)(C)C)nc4)c3CC[C@@H]12. The number of allylic oxidation sites excluding steroid dienone is 2. The predicted molar refractivity (Wildman–Crippen MR) is 139 cm³/mol. The Hall–Kier alpha value is -4.25. The van der Waals surface area contributed by atoms with Crippen LogP contribution in [0.5, 0.6) is 0 Å². The molecule has 3 atom stereocenters. The average Bonchev–Trinajstić information content (AvgIpc) is 3.31. The third-order valence-electron chi connectivity index (χ3n) is 7.26. The van der Waals surface area contributed by atoms with Gasteiger partial charge in [0.2, 0.25) is 0 Å². The lowest BCUT2D eigenvalue weighted by Gasteiger charge is -2.47. The van der Waals surface area contributed by atoms with Crippen molar-refractivity contribution in [1.82, 2.24) is 15.2 Å². The van der Waals surface area contributed by atoms with E-state index >= 15 is 0 Å². The molecule has 0 unspecified atom stereocenters. The molecular formula is C29H29N5O3. The van der Waals surface area contributed by atoms with Crippen LogP contribution in [0.15, 0.2) is 60.3 Å². The van der Waals surface area contributed by atoms with E-state index in [4.69, 9.17) is 4.74 Å². The number of aromatic amines is 1. The topological polar surface area (TPSA) is 121 Å². The number of carbonyl (C=O) groups excluding carboxylic acids is 2. The Bertz CT molecular complexity index is 1430. The average molecular weight is 496 g/mol. The minimum atomic E-state index is -0.663. The number of anilines is 1. The van der Waals surface area contributed by atoms with Crippen LogP contribution < -0.4 is 5.32 Å². The van der Waals surface area contributed by atoms with E-state index in [1.165, 1.54) is 0 Å². The first-order chi connectivity index (χ1) is 17.6. The highest BCUT2D eigenvalue weighted by Crippen LogP contribution is 2.54. The summed E-state index contributed by atoms with van der Waals surface area (Å²) in [5.74, 6) is -0.0116. The number of amides is 1. The van der Waals surface area contributed by atoms with E-state index in [-0.39, 0.29) is 23.2 Å². The third-order valence-corrected chi connectivity index (χ3v) is 7.26. The molecule has 3 aromatic rings. The third kappa shape index (κ3) is 4.20. The van der Waals surface area contributed by atoms with E-state index in [9.17, 15) is 14.9 Å². The summed E-state index contributed by atoms with van der Waals surface area (Å²) in [5, 5.41) is 20.4. The summed E-state index contributed by atoms with van der Waals surface area (Å²) in [4.78, 5) is 29.4. The van der Waals surface area contributed by atoms with Gasteiger partial charge in [-0.1, -0.05) is 37.3 Å². The Labute approximate surface area is 215 Å². The molecule has 2 aliphatic rings. The van der Waals surface area contributed by atoms with E-state index in [1.807, 2.05) is 37.3 Å². The number of H-pyrrole nitrogens is 1. The number of nitriles is 1. The first-order valence-electron chi connectivity index (χ1n) is 12.4. The summed E-state index contributed by atoms with van der Waals surface area (Å²) >= 11 is 0. The van der Waals surface area contributed by atoms with Crippen LogP contribution in [0.1, 0.15) is 50.9 Å². The van der Waals surface area contributed by atoms with Crippen LogP contribution in [-0.2, 0) is 21.4 Å². The van der Waals surface area contributed by atoms with Gasteiger partial charge in [-0.3, -0.25) is 15.2 Å². The maximum absolute atomic E-state index is 12.9. The van der Waals surface area contributed by atoms with Crippen molar-refractivity contribution >= 4 is 17.7 Å². The van der Waals surface area contributed by atoms with Crippen LogP contribution in [0.25, 0.3) is 11.3 Å². The molecule has 2 heterocycles. The lowest BCUT2D eigenvalue weighted by molar-refractivity contribution is -0.121. The number of pyridine rings is 1. The molecular weight excluding hydrogens is 466 g/mol. The predicted octanol–water partition coefficient (Wildman–Crippen LogP) is 5.34. The summed E-state index contributed by atoms with van der Waals surface area (Å²) < 4.78 is 5.30. The van der Waals surface area contributed by atoms with E-state index in [2.05, 4.69) is 38.7 Å². The zero-order valence-electron chi connectivity index (χ0n) is 21.3. The number of ketones is 1. The van der Waals surface area contributed by atoms with Gasteiger partial charge in [-0.25, -0.2) is 9.78 Å². The maximum atomic E-state index is 12.9. The van der Waals surface area contributed by atoms with Gasteiger partial charge in [0.1, 0.15) is 17.5 Å². The Balaban J connectivity index is 1.56. The van der Waals surface area contributed by atoms with Crippen LogP contribution >= 0.6 is 0 Å². The lowest BCUT2D eigenvalue weighted by Crippen LogP contribution is -2.48. The molecule has 5 rings (SSSR count). The largest absolute Gasteiger partial charge is 0.444 e. The van der Waals surface area contributed by atoms with Crippen molar-refractivity contribution in [3.8, 4) is 17.3 Å².